The molecule has 3 rings (SSSR count). The minimum atomic E-state index is -1.08. The van der Waals surface area contributed by atoms with Crippen molar-refractivity contribution in [2.75, 3.05) is 0 Å². The molecule has 0 spiro atoms. The molecule has 0 aromatic heterocycles. The first-order chi connectivity index (χ1) is 9.19. The van der Waals surface area contributed by atoms with Crippen molar-refractivity contribution in [2.45, 2.75) is 51.0 Å². The van der Waals surface area contributed by atoms with Gasteiger partial charge in [0.15, 0.2) is 11.7 Å². The van der Waals surface area contributed by atoms with Gasteiger partial charge in [-0.3, -0.25) is 9.59 Å². The summed E-state index contributed by atoms with van der Waals surface area (Å²) in [6.07, 6.45) is 7.28. The average Bonchev–Trinajstić information content (AvgIpc) is 3.25. The van der Waals surface area contributed by atoms with Crippen LogP contribution in [-0.2, 0) is 9.59 Å². The van der Waals surface area contributed by atoms with E-state index in [1.807, 2.05) is 6.07 Å². The van der Waals surface area contributed by atoms with E-state index in [2.05, 4.69) is 5.32 Å². The zero-order valence-corrected chi connectivity index (χ0v) is 11.1. The Labute approximate surface area is 113 Å². The van der Waals surface area contributed by atoms with Crippen molar-refractivity contribution in [2.24, 2.45) is 23.7 Å². The Hall–Kier alpha value is -1.37. The van der Waals surface area contributed by atoms with Crippen LogP contribution < -0.4 is 5.32 Å². The quantitative estimate of drug-likeness (QED) is 0.710. The molecule has 3 aliphatic rings. The zero-order chi connectivity index (χ0) is 13.4. The molecule has 3 fully saturated rings. The summed E-state index contributed by atoms with van der Waals surface area (Å²) in [5, 5.41) is 11.9. The number of Topliss-reactive ketones (excluding diaryl/α,β-unsaturated/α-hetero) is 1. The molecule has 1 N–H and O–H groups in total. The molecule has 19 heavy (non-hydrogen) atoms. The van der Waals surface area contributed by atoms with Crippen LogP contribution in [-0.4, -0.2) is 17.7 Å². The summed E-state index contributed by atoms with van der Waals surface area (Å²) in [6.45, 7) is 0. The Morgan fingerprint density at radius 2 is 1.68 bits per heavy atom. The summed E-state index contributed by atoms with van der Waals surface area (Å²) in [5.74, 6) is 0.187. The first-order valence-corrected chi connectivity index (χ1v) is 7.41. The average molecular weight is 260 g/mol. The maximum Gasteiger partial charge on any atom is 0.245 e. The first kappa shape index (κ1) is 12.7. The van der Waals surface area contributed by atoms with Gasteiger partial charge in [-0.05, 0) is 56.3 Å². The molecule has 1 atom stereocenters. The maximum atomic E-state index is 12.2. The van der Waals surface area contributed by atoms with Crippen molar-refractivity contribution < 1.29 is 9.59 Å². The van der Waals surface area contributed by atoms with Gasteiger partial charge < -0.3 is 5.32 Å². The summed E-state index contributed by atoms with van der Waals surface area (Å²) in [6, 6.07) is 2.10. The predicted molar refractivity (Wildman–Crippen MR) is 68.8 cm³/mol. The van der Waals surface area contributed by atoms with Crippen molar-refractivity contribution in [1.29, 1.82) is 5.26 Å². The number of nitrogens with zero attached hydrogens (tertiary/aromatic N) is 1. The van der Waals surface area contributed by atoms with Crippen LogP contribution in [0.5, 0.6) is 0 Å². The van der Waals surface area contributed by atoms with E-state index in [0.717, 1.165) is 12.8 Å². The number of carbonyl (C=O) groups is 2. The monoisotopic (exact) mass is 260 g/mol. The highest BCUT2D eigenvalue weighted by Gasteiger charge is 2.43. The Bertz CT molecular complexity index is 416. The van der Waals surface area contributed by atoms with Gasteiger partial charge in [0.1, 0.15) is 0 Å². The van der Waals surface area contributed by atoms with E-state index in [1.165, 1.54) is 25.7 Å². The van der Waals surface area contributed by atoms with Gasteiger partial charge in [-0.1, -0.05) is 0 Å². The first-order valence-electron chi connectivity index (χ1n) is 7.41. The Morgan fingerprint density at radius 1 is 1.11 bits per heavy atom. The molecule has 0 aromatic rings. The largest absolute Gasteiger partial charge is 0.352 e. The van der Waals surface area contributed by atoms with Crippen LogP contribution in [0.1, 0.15) is 44.9 Å². The number of amides is 1. The minimum Gasteiger partial charge on any atom is -0.352 e. The van der Waals surface area contributed by atoms with Gasteiger partial charge >= 0.3 is 0 Å². The van der Waals surface area contributed by atoms with Gasteiger partial charge in [0.2, 0.25) is 5.91 Å². The van der Waals surface area contributed by atoms with Crippen molar-refractivity contribution in [3.8, 4) is 6.07 Å². The fraction of sp³-hybridized carbons (Fsp3) is 0.800. The van der Waals surface area contributed by atoms with Crippen LogP contribution in [0.25, 0.3) is 0 Å². The molecule has 0 aliphatic heterocycles. The molecule has 0 unspecified atom stereocenters. The van der Waals surface area contributed by atoms with Gasteiger partial charge in [-0.15, -0.1) is 0 Å². The third-order valence-electron chi connectivity index (χ3n) is 4.53. The van der Waals surface area contributed by atoms with Gasteiger partial charge in [0.25, 0.3) is 0 Å². The number of hydrogen-bond donors (Lipinski definition) is 1. The smallest absolute Gasteiger partial charge is 0.245 e. The second-order valence-electron chi connectivity index (χ2n) is 6.35. The van der Waals surface area contributed by atoms with E-state index < -0.39 is 5.92 Å². The molecule has 0 heterocycles. The van der Waals surface area contributed by atoms with E-state index in [1.54, 1.807) is 0 Å². The number of ketones is 1. The summed E-state index contributed by atoms with van der Waals surface area (Å²) in [4.78, 5) is 24.1. The fourth-order valence-electron chi connectivity index (χ4n) is 2.91. The van der Waals surface area contributed by atoms with Crippen molar-refractivity contribution in [3.05, 3.63) is 0 Å². The standard InChI is InChI=1S/C15H20N2O2/c16-8-13(15(19)17-11-5-6-11)14(18)7-12(9-1-2-9)10-3-4-10/h9-13H,1-7H2,(H,17,19)/t13-/m1/s1. The van der Waals surface area contributed by atoms with E-state index in [0.29, 0.717) is 24.2 Å². The molecular weight excluding hydrogens is 240 g/mol. The lowest BCUT2D eigenvalue weighted by Crippen LogP contribution is -2.36. The molecule has 0 saturated heterocycles. The van der Waals surface area contributed by atoms with Crippen LogP contribution in [0.2, 0.25) is 0 Å². The highest BCUT2D eigenvalue weighted by Crippen LogP contribution is 2.50. The molecule has 102 valence electrons. The lowest BCUT2D eigenvalue weighted by atomic mass is 9.88. The van der Waals surface area contributed by atoms with Gasteiger partial charge in [-0.25, -0.2) is 0 Å². The molecule has 4 nitrogen and oxygen atoms in total. The molecule has 1 amide bonds. The number of nitriles is 1. The van der Waals surface area contributed by atoms with E-state index >= 15 is 0 Å². The van der Waals surface area contributed by atoms with Gasteiger partial charge in [0, 0.05) is 12.5 Å². The number of hydrogen-bond acceptors (Lipinski definition) is 3. The highest BCUT2D eigenvalue weighted by atomic mass is 16.2. The number of nitrogens with one attached hydrogen (secondary N) is 1. The minimum absolute atomic E-state index is 0.163. The Balaban J connectivity index is 1.56. The Kier molecular flexibility index (Phi) is 3.30. The molecular formula is C15H20N2O2. The second kappa shape index (κ2) is 4.96. The van der Waals surface area contributed by atoms with Gasteiger partial charge in [0.05, 0.1) is 6.07 Å². The lowest BCUT2D eigenvalue weighted by molar-refractivity contribution is -0.132. The topological polar surface area (TPSA) is 70.0 Å². The SMILES string of the molecule is N#C[C@H](C(=O)CC(C1CC1)C1CC1)C(=O)NC1CC1. The number of carbonyl (C=O) groups excluding carboxylic acids is 2. The van der Waals surface area contributed by atoms with Crippen LogP contribution in [0.3, 0.4) is 0 Å². The molecule has 0 aromatic carbocycles. The van der Waals surface area contributed by atoms with Crippen molar-refractivity contribution in [1.82, 2.24) is 5.32 Å². The van der Waals surface area contributed by atoms with Crippen molar-refractivity contribution in [3.63, 3.8) is 0 Å². The maximum absolute atomic E-state index is 12.2. The third kappa shape index (κ3) is 3.15. The van der Waals surface area contributed by atoms with E-state index in [9.17, 15) is 9.59 Å². The fourth-order valence-corrected chi connectivity index (χ4v) is 2.91. The molecule has 0 radical (unpaired) electrons. The van der Waals surface area contributed by atoms with Crippen LogP contribution in [0.15, 0.2) is 0 Å². The summed E-state index contributed by atoms with van der Waals surface area (Å²) in [7, 11) is 0. The molecule has 0 bridgehead atoms. The molecule has 4 heteroatoms. The molecule has 3 aliphatic carbocycles. The van der Waals surface area contributed by atoms with E-state index in [4.69, 9.17) is 5.26 Å². The van der Waals surface area contributed by atoms with Crippen LogP contribution in [0, 0.1) is 35.0 Å². The summed E-state index contributed by atoms with van der Waals surface area (Å²) >= 11 is 0. The second-order valence-corrected chi connectivity index (χ2v) is 6.35. The van der Waals surface area contributed by atoms with Crippen LogP contribution in [0.4, 0.5) is 0 Å². The lowest BCUT2D eigenvalue weighted by Gasteiger charge is -2.16. The molecule has 3 saturated carbocycles. The zero-order valence-electron chi connectivity index (χ0n) is 11.1. The van der Waals surface area contributed by atoms with Gasteiger partial charge in [-0.2, -0.15) is 5.26 Å². The predicted octanol–water partition coefficient (Wildman–Crippen LogP) is 1.80. The highest BCUT2D eigenvalue weighted by molar-refractivity contribution is 6.04. The summed E-state index contributed by atoms with van der Waals surface area (Å²) < 4.78 is 0. The normalized spacial score (nSPS) is 23.8. The van der Waals surface area contributed by atoms with Crippen molar-refractivity contribution >= 4 is 11.7 Å². The van der Waals surface area contributed by atoms with E-state index in [-0.39, 0.29) is 17.7 Å². The summed E-state index contributed by atoms with van der Waals surface area (Å²) in [5.41, 5.74) is 0. The van der Waals surface area contributed by atoms with Crippen LogP contribution >= 0.6 is 0 Å². The Morgan fingerprint density at radius 3 is 2.11 bits per heavy atom. The third-order valence-corrected chi connectivity index (χ3v) is 4.53. The number of rotatable bonds is 7.